The monoisotopic (exact) mass is 465 g/mol. The molecule has 1 fully saturated rings. The van der Waals surface area contributed by atoms with Crippen LogP contribution >= 0.6 is 11.5 Å². The number of piperidine rings is 1. The lowest BCUT2D eigenvalue weighted by Crippen LogP contribution is -2.40. The number of benzene rings is 2. The number of hydrogen-bond donors (Lipinski definition) is 0. The van der Waals surface area contributed by atoms with Gasteiger partial charge >= 0.3 is 5.97 Å². The number of carbonyl (C=O) groups excluding carboxylic acids is 2. The normalized spacial score (nSPS) is 14.2. The van der Waals surface area contributed by atoms with Gasteiger partial charge < -0.3 is 14.4 Å². The van der Waals surface area contributed by atoms with E-state index in [-0.39, 0.29) is 17.8 Å². The number of carbonyl (C=O) groups is 2. The lowest BCUT2D eigenvalue weighted by atomic mass is 9.96. The summed E-state index contributed by atoms with van der Waals surface area (Å²) in [5.41, 5.74) is 2.60. The highest BCUT2D eigenvalue weighted by molar-refractivity contribution is 7.07. The Labute approximate surface area is 197 Å². The van der Waals surface area contributed by atoms with Crippen molar-refractivity contribution in [3.8, 4) is 10.9 Å². The minimum Gasteiger partial charge on any atom is -0.466 e. The molecule has 33 heavy (non-hydrogen) atoms. The van der Waals surface area contributed by atoms with Crippen LogP contribution in [0.25, 0.3) is 0 Å². The number of likely N-dealkylation sites (tertiary alicyclic amines) is 1. The zero-order valence-electron chi connectivity index (χ0n) is 18.8. The number of amides is 1. The fourth-order valence-corrected chi connectivity index (χ4v) is 4.39. The quantitative estimate of drug-likeness (QED) is 0.473. The molecule has 0 atom stereocenters. The predicted octanol–water partition coefficient (Wildman–Crippen LogP) is 4.64. The maximum absolute atomic E-state index is 13.1. The number of hydrogen-bond acceptors (Lipinski definition) is 7. The highest BCUT2D eigenvalue weighted by Crippen LogP contribution is 2.29. The summed E-state index contributed by atoms with van der Waals surface area (Å²) >= 11 is 1.20. The third kappa shape index (κ3) is 5.76. The van der Waals surface area contributed by atoms with Crippen molar-refractivity contribution in [3.63, 3.8) is 0 Å². The van der Waals surface area contributed by atoms with Gasteiger partial charge in [-0.05, 0) is 49.9 Å². The summed E-state index contributed by atoms with van der Waals surface area (Å²) in [6.07, 6.45) is 1.88. The Kier molecular flexibility index (Phi) is 7.34. The maximum atomic E-state index is 13.1. The van der Waals surface area contributed by atoms with Crippen LogP contribution in [0.5, 0.6) is 10.9 Å². The van der Waals surface area contributed by atoms with Gasteiger partial charge in [-0.3, -0.25) is 9.59 Å². The Hall–Kier alpha value is -3.26. The molecule has 7 nitrogen and oxygen atoms in total. The van der Waals surface area contributed by atoms with Crippen LogP contribution in [0.3, 0.4) is 0 Å². The average Bonchev–Trinajstić information content (AvgIpc) is 3.27. The van der Waals surface area contributed by atoms with Crippen molar-refractivity contribution in [1.29, 1.82) is 0 Å². The molecule has 0 bridgehead atoms. The largest absolute Gasteiger partial charge is 0.466 e. The Balaban J connectivity index is 1.40. The number of ether oxygens (including phenoxy) is 2. The zero-order chi connectivity index (χ0) is 23.2. The van der Waals surface area contributed by atoms with E-state index in [1.54, 1.807) is 17.9 Å². The van der Waals surface area contributed by atoms with Gasteiger partial charge in [-0.15, -0.1) is 0 Å². The van der Waals surface area contributed by atoms with Crippen molar-refractivity contribution in [1.82, 2.24) is 14.3 Å². The molecular weight excluding hydrogens is 438 g/mol. The van der Waals surface area contributed by atoms with Crippen LogP contribution in [0.1, 0.15) is 47.1 Å². The van der Waals surface area contributed by atoms with Gasteiger partial charge in [0.1, 0.15) is 5.75 Å². The molecule has 1 aliphatic rings. The standard InChI is InChI=1S/C25H27N3O4S/c1-3-31-24(30)19-11-13-28(14-12-19)23(29)20-10-9-17(2)21(16-20)32-25-26-22(27-33-25)15-18-7-5-4-6-8-18/h4-10,16,19H,3,11-15H2,1-2H3. The van der Waals surface area contributed by atoms with Crippen molar-refractivity contribution in [2.45, 2.75) is 33.1 Å². The zero-order valence-corrected chi connectivity index (χ0v) is 19.6. The fourth-order valence-electron chi connectivity index (χ4n) is 3.83. The molecule has 3 aromatic rings. The molecule has 0 radical (unpaired) electrons. The molecule has 2 heterocycles. The summed E-state index contributed by atoms with van der Waals surface area (Å²) in [4.78, 5) is 31.3. The summed E-state index contributed by atoms with van der Waals surface area (Å²) in [6.45, 7) is 5.18. The minimum absolute atomic E-state index is 0.0656. The molecule has 0 N–H and O–H groups in total. The van der Waals surface area contributed by atoms with Crippen LogP contribution in [-0.2, 0) is 16.0 Å². The first-order valence-corrected chi connectivity index (χ1v) is 11.9. The Morgan fingerprint density at radius 2 is 1.88 bits per heavy atom. The second-order valence-electron chi connectivity index (χ2n) is 8.04. The first-order chi connectivity index (χ1) is 16.0. The van der Waals surface area contributed by atoms with Crippen molar-refractivity contribution in [2.24, 2.45) is 5.92 Å². The number of aromatic nitrogens is 2. The van der Waals surface area contributed by atoms with Gasteiger partial charge in [0.2, 0.25) is 0 Å². The number of rotatable bonds is 7. The van der Waals surface area contributed by atoms with E-state index in [1.165, 1.54) is 11.5 Å². The Morgan fingerprint density at radius 3 is 2.61 bits per heavy atom. The van der Waals surface area contributed by atoms with Crippen molar-refractivity contribution in [2.75, 3.05) is 19.7 Å². The van der Waals surface area contributed by atoms with Gasteiger partial charge in [-0.1, -0.05) is 36.4 Å². The van der Waals surface area contributed by atoms with E-state index < -0.39 is 0 Å². The van der Waals surface area contributed by atoms with E-state index in [4.69, 9.17) is 9.47 Å². The molecule has 0 saturated carbocycles. The molecule has 1 saturated heterocycles. The predicted molar refractivity (Wildman–Crippen MR) is 126 cm³/mol. The first-order valence-electron chi connectivity index (χ1n) is 11.1. The van der Waals surface area contributed by atoms with Crippen LogP contribution in [0, 0.1) is 12.8 Å². The van der Waals surface area contributed by atoms with Crippen molar-refractivity contribution in [3.05, 3.63) is 71.0 Å². The lowest BCUT2D eigenvalue weighted by molar-refractivity contribution is -0.149. The molecule has 0 spiro atoms. The molecule has 1 aromatic heterocycles. The number of nitrogens with zero attached hydrogens (tertiary/aromatic N) is 3. The summed E-state index contributed by atoms with van der Waals surface area (Å²) in [5, 5.41) is 0.448. The molecule has 1 aliphatic heterocycles. The van der Waals surface area contributed by atoms with Gasteiger partial charge in [-0.25, -0.2) is 0 Å². The SMILES string of the molecule is CCOC(=O)C1CCN(C(=O)c2ccc(C)c(Oc3nc(Cc4ccccc4)ns3)c2)CC1. The first kappa shape index (κ1) is 22.9. The molecule has 172 valence electrons. The highest BCUT2D eigenvalue weighted by Gasteiger charge is 2.29. The Morgan fingerprint density at radius 1 is 1.12 bits per heavy atom. The van der Waals surface area contributed by atoms with Gasteiger partial charge in [0, 0.05) is 36.6 Å². The topological polar surface area (TPSA) is 81.6 Å². The third-order valence-corrected chi connectivity index (χ3v) is 6.32. The van der Waals surface area contributed by atoms with E-state index in [2.05, 4.69) is 9.36 Å². The van der Waals surface area contributed by atoms with Gasteiger partial charge in [0.15, 0.2) is 5.82 Å². The van der Waals surface area contributed by atoms with Crippen LogP contribution < -0.4 is 4.74 Å². The van der Waals surface area contributed by atoms with E-state index in [1.807, 2.05) is 49.4 Å². The summed E-state index contributed by atoms with van der Waals surface area (Å²) in [6, 6.07) is 15.5. The van der Waals surface area contributed by atoms with Gasteiger partial charge in [0.25, 0.3) is 11.1 Å². The van der Waals surface area contributed by atoms with Crippen LogP contribution in [0.15, 0.2) is 48.5 Å². The molecule has 0 unspecified atom stereocenters. The summed E-state index contributed by atoms with van der Waals surface area (Å²) in [5.74, 6) is 0.928. The molecular formula is C25H27N3O4S. The van der Waals surface area contributed by atoms with Crippen LogP contribution in [0.2, 0.25) is 0 Å². The van der Waals surface area contributed by atoms with Gasteiger partial charge in [0.05, 0.1) is 12.5 Å². The molecule has 2 aromatic carbocycles. The highest BCUT2D eigenvalue weighted by atomic mass is 32.1. The molecule has 8 heteroatoms. The summed E-state index contributed by atoms with van der Waals surface area (Å²) < 4.78 is 15.5. The Bertz CT molecular complexity index is 1110. The van der Waals surface area contributed by atoms with Crippen molar-refractivity contribution >= 4 is 23.4 Å². The lowest BCUT2D eigenvalue weighted by Gasteiger charge is -2.31. The van der Waals surface area contributed by atoms with Crippen LogP contribution in [0.4, 0.5) is 0 Å². The average molecular weight is 466 g/mol. The maximum Gasteiger partial charge on any atom is 0.309 e. The van der Waals surface area contributed by atoms with Crippen molar-refractivity contribution < 1.29 is 19.1 Å². The second-order valence-corrected chi connectivity index (χ2v) is 8.75. The minimum atomic E-state index is -0.167. The van der Waals surface area contributed by atoms with E-state index in [0.29, 0.717) is 61.3 Å². The van der Waals surface area contributed by atoms with E-state index >= 15 is 0 Å². The molecule has 0 aliphatic carbocycles. The molecule has 1 amide bonds. The smallest absolute Gasteiger partial charge is 0.309 e. The fraction of sp³-hybridized carbons (Fsp3) is 0.360. The number of esters is 1. The van der Waals surface area contributed by atoms with E-state index in [9.17, 15) is 9.59 Å². The third-order valence-electron chi connectivity index (χ3n) is 5.69. The summed E-state index contributed by atoms with van der Waals surface area (Å²) in [7, 11) is 0. The second kappa shape index (κ2) is 10.6. The van der Waals surface area contributed by atoms with Crippen LogP contribution in [-0.4, -0.2) is 45.8 Å². The number of aryl methyl sites for hydroxylation is 1. The van der Waals surface area contributed by atoms with Gasteiger partial charge in [-0.2, -0.15) is 9.36 Å². The van der Waals surface area contributed by atoms with E-state index in [0.717, 1.165) is 11.1 Å². The molecule has 4 rings (SSSR count).